The largest absolute Gasteiger partial charge is 0.299 e. The Morgan fingerprint density at radius 2 is 1.83 bits per heavy atom. The van der Waals surface area contributed by atoms with Gasteiger partial charge in [-0.3, -0.25) is 4.79 Å². The molecule has 1 nitrogen and oxygen atoms in total. The van der Waals surface area contributed by atoms with Crippen LogP contribution in [0.15, 0.2) is 24.3 Å². The molecule has 1 aromatic rings. The van der Waals surface area contributed by atoms with Crippen LogP contribution >= 0.6 is 0 Å². The van der Waals surface area contributed by atoms with Gasteiger partial charge in [-0.25, -0.2) is 0 Å². The smallest absolute Gasteiger partial charge is 0.143 e. The van der Waals surface area contributed by atoms with Crippen LogP contribution in [-0.4, -0.2) is 5.78 Å². The summed E-state index contributed by atoms with van der Waals surface area (Å²) in [5, 5.41) is 0. The van der Waals surface area contributed by atoms with E-state index in [2.05, 4.69) is 45.0 Å². The van der Waals surface area contributed by atoms with Crippen molar-refractivity contribution in [3.05, 3.63) is 35.4 Å². The topological polar surface area (TPSA) is 17.1 Å². The number of hydrogen-bond donors (Lipinski definition) is 0. The fraction of sp³-hybridized carbons (Fsp3) is 0.588. The number of ketones is 1. The molecule has 0 saturated heterocycles. The standard InChI is InChI=1S/C17H20O/c1-10-4-6-11(7-5-10)14-13-12-8-9-16(2,15(13)18)17(12,14)3/h4-7,12-14H,8-9H2,1-3H3. The van der Waals surface area contributed by atoms with Gasteiger partial charge < -0.3 is 0 Å². The van der Waals surface area contributed by atoms with Gasteiger partial charge in [-0.1, -0.05) is 43.7 Å². The summed E-state index contributed by atoms with van der Waals surface area (Å²) >= 11 is 0. The van der Waals surface area contributed by atoms with Gasteiger partial charge in [0.1, 0.15) is 5.78 Å². The molecule has 1 heteroatoms. The predicted molar refractivity (Wildman–Crippen MR) is 71.4 cm³/mol. The molecule has 4 aliphatic rings. The number of carbonyl (C=O) groups is 1. The zero-order valence-electron chi connectivity index (χ0n) is 11.4. The minimum absolute atomic E-state index is 0.0299. The highest BCUT2D eigenvalue weighted by Crippen LogP contribution is 2.82. The van der Waals surface area contributed by atoms with E-state index in [0.29, 0.717) is 23.5 Å². The van der Waals surface area contributed by atoms with E-state index in [9.17, 15) is 4.79 Å². The van der Waals surface area contributed by atoms with Crippen molar-refractivity contribution in [1.29, 1.82) is 0 Å². The van der Waals surface area contributed by atoms with Crippen LogP contribution in [0.5, 0.6) is 0 Å². The highest BCUT2D eigenvalue weighted by Gasteiger charge is 2.81. The third-order valence-corrected chi connectivity index (χ3v) is 6.64. The van der Waals surface area contributed by atoms with E-state index in [-0.39, 0.29) is 10.8 Å². The van der Waals surface area contributed by atoms with Crippen LogP contribution in [0.25, 0.3) is 0 Å². The maximum absolute atomic E-state index is 12.6. The van der Waals surface area contributed by atoms with Gasteiger partial charge in [0.25, 0.3) is 0 Å². The Labute approximate surface area is 109 Å². The van der Waals surface area contributed by atoms with Crippen molar-refractivity contribution in [1.82, 2.24) is 0 Å². The molecule has 0 aliphatic heterocycles. The Hall–Kier alpha value is -1.11. The van der Waals surface area contributed by atoms with Gasteiger partial charge in [0.2, 0.25) is 0 Å². The number of hydrogen-bond acceptors (Lipinski definition) is 1. The molecule has 1 aromatic carbocycles. The van der Waals surface area contributed by atoms with Crippen LogP contribution in [0.4, 0.5) is 0 Å². The first-order valence-corrected chi connectivity index (χ1v) is 7.11. The van der Waals surface area contributed by atoms with Crippen molar-refractivity contribution in [3.8, 4) is 0 Å². The summed E-state index contributed by atoms with van der Waals surface area (Å²) in [5.74, 6) is 2.05. The fourth-order valence-corrected chi connectivity index (χ4v) is 5.45. The second-order valence-corrected chi connectivity index (χ2v) is 7.04. The van der Waals surface area contributed by atoms with Crippen LogP contribution in [0, 0.1) is 29.6 Å². The summed E-state index contributed by atoms with van der Waals surface area (Å²) in [6.07, 6.45) is 2.39. The number of Topliss-reactive ketones (excluding diaryl/α,β-unsaturated/α-hetero) is 1. The predicted octanol–water partition coefficient (Wildman–Crippen LogP) is 3.71. The molecule has 4 aliphatic carbocycles. The van der Waals surface area contributed by atoms with Crippen molar-refractivity contribution >= 4 is 5.78 Å². The maximum atomic E-state index is 12.6. The lowest BCUT2D eigenvalue weighted by molar-refractivity contribution is -0.128. The first-order valence-electron chi connectivity index (χ1n) is 7.11. The molecule has 4 saturated carbocycles. The number of benzene rings is 1. The van der Waals surface area contributed by atoms with Gasteiger partial charge in [0.15, 0.2) is 0 Å². The van der Waals surface area contributed by atoms with E-state index in [1.165, 1.54) is 17.5 Å². The summed E-state index contributed by atoms with van der Waals surface area (Å²) in [6, 6.07) is 8.86. The van der Waals surface area contributed by atoms with Crippen LogP contribution in [0.2, 0.25) is 0 Å². The van der Waals surface area contributed by atoms with Crippen LogP contribution in [0.1, 0.15) is 43.7 Å². The average Bonchev–Trinajstić information content (AvgIpc) is 2.72. The quantitative estimate of drug-likeness (QED) is 0.731. The highest BCUT2D eigenvalue weighted by molar-refractivity contribution is 5.96. The first kappa shape index (κ1) is 10.8. The third kappa shape index (κ3) is 0.857. The molecule has 18 heavy (non-hydrogen) atoms. The lowest BCUT2D eigenvalue weighted by atomic mass is 9.50. The average molecular weight is 240 g/mol. The van der Waals surface area contributed by atoms with E-state index in [1.54, 1.807) is 0 Å². The molecular weight excluding hydrogens is 220 g/mol. The Kier molecular flexibility index (Phi) is 1.73. The molecule has 0 aromatic heterocycles. The Morgan fingerprint density at radius 3 is 2.33 bits per heavy atom. The van der Waals surface area contributed by atoms with Crippen molar-refractivity contribution < 1.29 is 4.79 Å². The monoisotopic (exact) mass is 240 g/mol. The molecule has 4 fully saturated rings. The molecule has 94 valence electrons. The number of carbonyl (C=O) groups excluding carboxylic acids is 1. The molecule has 4 bridgehead atoms. The van der Waals surface area contributed by atoms with E-state index >= 15 is 0 Å². The molecule has 5 rings (SSSR count). The van der Waals surface area contributed by atoms with Crippen molar-refractivity contribution in [3.63, 3.8) is 0 Å². The van der Waals surface area contributed by atoms with Crippen LogP contribution in [0.3, 0.4) is 0 Å². The zero-order chi connectivity index (χ0) is 12.7. The fourth-order valence-electron chi connectivity index (χ4n) is 5.45. The lowest BCUT2D eigenvalue weighted by Gasteiger charge is -2.52. The molecule has 0 heterocycles. The van der Waals surface area contributed by atoms with Gasteiger partial charge in [0, 0.05) is 17.3 Å². The Bertz CT molecular complexity index is 543. The van der Waals surface area contributed by atoms with Gasteiger partial charge in [-0.2, -0.15) is 0 Å². The minimum atomic E-state index is -0.0299. The maximum Gasteiger partial charge on any atom is 0.143 e. The lowest BCUT2D eigenvalue weighted by Crippen LogP contribution is -2.46. The molecule has 5 unspecified atom stereocenters. The van der Waals surface area contributed by atoms with Gasteiger partial charge in [-0.05, 0) is 36.7 Å². The summed E-state index contributed by atoms with van der Waals surface area (Å²) in [7, 11) is 0. The highest BCUT2D eigenvalue weighted by atomic mass is 16.1. The number of aryl methyl sites for hydroxylation is 1. The zero-order valence-corrected chi connectivity index (χ0v) is 11.4. The van der Waals surface area contributed by atoms with Crippen molar-refractivity contribution in [2.45, 2.75) is 39.5 Å². The van der Waals surface area contributed by atoms with Crippen LogP contribution < -0.4 is 0 Å². The molecular formula is C17H20O. The van der Waals surface area contributed by atoms with Gasteiger partial charge in [-0.15, -0.1) is 0 Å². The second kappa shape index (κ2) is 2.89. The molecule has 0 amide bonds. The van der Waals surface area contributed by atoms with E-state index < -0.39 is 0 Å². The van der Waals surface area contributed by atoms with E-state index in [1.807, 2.05) is 0 Å². The summed E-state index contributed by atoms with van der Waals surface area (Å²) in [6.45, 7) is 6.72. The first-order chi connectivity index (χ1) is 8.50. The normalized spacial score (nSPS) is 48.4. The van der Waals surface area contributed by atoms with Gasteiger partial charge >= 0.3 is 0 Å². The summed E-state index contributed by atoms with van der Waals surface area (Å²) in [4.78, 5) is 12.6. The second-order valence-electron chi connectivity index (χ2n) is 7.04. The van der Waals surface area contributed by atoms with Gasteiger partial charge in [0.05, 0.1) is 0 Å². The molecule has 5 atom stereocenters. The van der Waals surface area contributed by atoms with Crippen molar-refractivity contribution in [2.75, 3.05) is 0 Å². The molecule has 0 spiro atoms. The summed E-state index contributed by atoms with van der Waals surface area (Å²) < 4.78 is 0. The van der Waals surface area contributed by atoms with Crippen molar-refractivity contribution in [2.24, 2.45) is 22.7 Å². The van der Waals surface area contributed by atoms with Crippen LogP contribution in [-0.2, 0) is 4.79 Å². The SMILES string of the molecule is Cc1ccc(C2C3C(=O)C4(C)CCC3C24C)cc1. The Balaban J connectivity index is 1.83. The van der Waals surface area contributed by atoms with E-state index in [0.717, 1.165) is 6.42 Å². The number of rotatable bonds is 1. The Morgan fingerprint density at radius 1 is 1.17 bits per heavy atom. The van der Waals surface area contributed by atoms with E-state index in [4.69, 9.17) is 0 Å². The molecule has 0 radical (unpaired) electrons. The minimum Gasteiger partial charge on any atom is -0.299 e. The third-order valence-electron chi connectivity index (χ3n) is 6.64. The summed E-state index contributed by atoms with van der Waals surface area (Å²) in [5.41, 5.74) is 2.90. The molecule has 0 N–H and O–H groups in total.